The summed E-state index contributed by atoms with van der Waals surface area (Å²) in [5, 5.41) is 10.6. The smallest absolute Gasteiger partial charge is 0.150 e. The number of hydrogen-bond donors (Lipinski definition) is 0. The second kappa shape index (κ2) is 8.16. The second-order valence-electron chi connectivity index (χ2n) is 7.97. The molecule has 1 saturated heterocycles. The highest BCUT2D eigenvalue weighted by Crippen LogP contribution is 2.35. The minimum Gasteiger partial charge on any atom is -0.491 e. The summed E-state index contributed by atoms with van der Waals surface area (Å²) in [5.41, 5.74) is 3.03. The number of aromatic nitrogens is 4. The van der Waals surface area contributed by atoms with E-state index in [9.17, 15) is 0 Å². The molecule has 0 radical (unpaired) electrons. The molecule has 7 heteroatoms. The molecule has 1 aromatic carbocycles. The number of benzene rings is 1. The Hall–Kier alpha value is -2.38. The monoisotopic (exact) mass is 396 g/mol. The number of aryl methyl sites for hydroxylation is 1. The number of rotatable bonds is 1. The lowest BCUT2D eigenvalue weighted by atomic mass is 10.1. The molecule has 1 fully saturated rings. The normalized spacial score (nSPS) is 23.5. The van der Waals surface area contributed by atoms with Gasteiger partial charge in [-0.05, 0) is 50.8 Å². The van der Waals surface area contributed by atoms with Crippen molar-refractivity contribution in [3.8, 4) is 17.0 Å². The van der Waals surface area contributed by atoms with Gasteiger partial charge >= 0.3 is 0 Å². The Morgan fingerprint density at radius 2 is 2.03 bits per heavy atom. The lowest BCUT2D eigenvalue weighted by molar-refractivity contribution is -0.0365. The maximum atomic E-state index is 6.17. The van der Waals surface area contributed by atoms with Crippen LogP contribution in [0.4, 0.5) is 0 Å². The van der Waals surface area contributed by atoms with Gasteiger partial charge < -0.3 is 14.2 Å². The van der Waals surface area contributed by atoms with Crippen LogP contribution in [-0.4, -0.2) is 45.5 Å². The van der Waals surface area contributed by atoms with Gasteiger partial charge in [0.2, 0.25) is 0 Å². The SMILES string of the molecule is C[C@H]1CCOCCCn2cc(cn2)-c2nn(C3CCCCO3)c3ccc(cc23)O1. The average molecular weight is 396 g/mol. The number of hydrogen-bond acceptors (Lipinski definition) is 5. The first-order chi connectivity index (χ1) is 14.3. The van der Waals surface area contributed by atoms with Crippen LogP contribution in [0.15, 0.2) is 30.6 Å². The summed E-state index contributed by atoms with van der Waals surface area (Å²) in [6, 6.07) is 6.24. The number of ether oxygens (including phenoxy) is 3. The van der Waals surface area contributed by atoms with E-state index in [1.807, 2.05) is 21.6 Å². The molecule has 1 unspecified atom stereocenters. The first-order valence-electron chi connectivity index (χ1n) is 10.7. The van der Waals surface area contributed by atoms with Crippen LogP contribution in [0.25, 0.3) is 22.2 Å². The van der Waals surface area contributed by atoms with Gasteiger partial charge in [-0.2, -0.15) is 10.2 Å². The highest BCUT2D eigenvalue weighted by Gasteiger charge is 2.23. The van der Waals surface area contributed by atoms with Crippen LogP contribution in [0.2, 0.25) is 0 Å². The van der Waals surface area contributed by atoms with Crippen LogP contribution >= 0.6 is 0 Å². The molecule has 0 saturated carbocycles. The largest absolute Gasteiger partial charge is 0.491 e. The second-order valence-corrected chi connectivity index (χ2v) is 7.97. The molecule has 2 atom stereocenters. The summed E-state index contributed by atoms with van der Waals surface area (Å²) in [6.07, 6.45) is 9.14. The lowest BCUT2D eigenvalue weighted by Crippen LogP contribution is -2.19. The highest BCUT2D eigenvalue weighted by molar-refractivity contribution is 5.94. The van der Waals surface area contributed by atoms with E-state index in [1.54, 1.807) is 0 Å². The zero-order chi connectivity index (χ0) is 19.6. The molecule has 2 aliphatic heterocycles. The van der Waals surface area contributed by atoms with Crippen molar-refractivity contribution in [2.75, 3.05) is 19.8 Å². The van der Waals surface area contributed by atoms with E-state index in [2.05, 4.69) is 30.4 Å². The van der Waals surface area contributed by atoms with Gasteiger partial charge in [0.1, 0.15) is 11.4 Å². The third-order valence-corrected chi connectivity index (χ3v) is 5.69. The molecular weight excluding hydrogens is 368 g/mol. The lowest BCUT2D eigenvalue weighted by Gasteiger charge is -2.23. The van der Waals surface area contributed by atoms with Crippen molar-refractivity contribution in [2.24, 2.45) is 0 Å². The first kappa shape index (κ1) is 18.6. The van der Waals surface area contributed by atoms with Crippen molar-refractivity contribution in [2.45, 2.75) is 57.9 Å². The van der Waals surface area contributed by atoms with Crippen LogP contribution < -0.4 is 4.74 Å². The van der Waals surface area contributed by atoms with Crippen LogP contribution in [0.3, 0.4) is 0 Å². The summed E-state index contributed by atoms with van der Waals surface area (Å²) >= 11 is 0. The quantitative estimate of drug-likeness (QED) is 0.618. The van der Waals surface area contributed by atoms with Gasteiger partial charge in [-0.3, -0.25) is 4.68 Å². The highest BCUT2D eigenvalue weighted by atomic mass is 16.5. The van der Waals surface area contributed by atoms with E-state index in [0.717, 1.165) is 73.4 Å². The van der Waals surface area contributed by atoms with E-state index in [1.165, 1.54) is 6.42 Å². The minimum atomic E-state index is -0.0107. The Balaban J connectivity index is 1.60. The van der Waals surface area contributed by atoms with Crippen molar-refractivity contribution in [1.82, 2.24) is 19.6 Å². The molecule has 3 aromatic rings. The fourth-order valence-electron chi connectivity index (χ4n) is 4.12. The van der Waals surface area contributed by atoms with E-state index < -0.39 is 0 Å². The van der Waals surface area contributed by atoms with Crippen LogP contribution in [-0.2, 0) is 16.0 Å². The van der Waals surface area contributed by atoms with Gasteiger partial charge in [0.15, 0.2) is 6.23 Å². The molecule has 29 heavy (non-hydrogen) atoms. The van der Waals surface area contributed by atoms with E-state index >= 15 is 0 Å². The third kappa shape index (κ3) is 3.89. The van der Waals surface area contributed by atoms with Crippen LogP contribution in [0, 0.1) is 0 Å². The molecule has 0 spiro atoms. The van der Waals surface area contributed by atoms with E-state index in [4.69, 9.17) is 19.3 Å². The predicted octanol–water partition coefficient (Wildman–Crippen LogP) is 4.18. The Morgan fingerprint density at radius 1 is 1.07 bits per heavy atom. The molecule has 4 heterocycles. The van der Waals surface area contributed by atoms with Gasteiger partial charge in [0.05, 0.1) is 24.4 Å². The van der Waals surface area contributed by atoms with Crippen molar-refractivity contribution >= 4 is 10.9 Å². The first-order valence-corrected chi connectivity index (χ1v) is 10.7. The molecule has 4 bridgehead atoms. The standard InChI is InChI=1S/C22H28N4O3/c1-16-8-12-27-10-4-9-25-15-17(14-23-25)22-19-13-18(29-16)6-7-20(19)26(24-22)21-5-2-3-11-28-21/h6-7,13-16,21H,2-5,8-12H2,1H3/t16-,21?/m0/s1. The zero-order valence-electron chi connectivity index (χ0n) is 16.9. The van der Waals surface area contributed by atoms with E-state index in [0.29, 0.717) is 6.61 Å². The predicted molar refractivity (Wildman–Crippen MR) is 110 cm³/mol. The minimum absolute atomic E-state index is 0.0107. The van der Waals surface area contributed by atoms with Crippen molar-refractivity contribution in [1.29, 1.82) is 0 Å². The fraction of sp³-hybridized carbons (Fsp3) is 0.545. The van der Waals surface area contributed by atoms with Crippen molar-refractivity contribution < 1.29 is 14.2 Å². The Labute approximate surface area is 170 Å². The molecular formula is C22H28N4O3. The molecule has 154 valence electrons. The summed E-state index contributed by atoms with van der Waals surface area (Å²) < 4.78 is 22.0. The molecule has 0 amide bonds. The van der Waals surface area contributed by atoms with Gasteiger partial charge in [-0.25, -0.2) is 4.68 Å². The van der Waals surface area contributed by atoms with Gasteiger partial charge in [-0.15, -0.1) is 0 Å². The fourth-order valence-corrected chi connectivity index (χ4v) is 4.12. The summed E-state index contributed by atoms with van der Waals surface area (Å²) in [6.45, 7) is 5.15. The topological polar surface area (TPSA) is 63.3 Å². The van der Waals surface area contributed by atoms with Crippen LogP contribution in [0.1, 0.15) is 45.3 Å². The molecule has 5 rings (SSSR count). The molecule has 2 aliphatic rings. The molecule has 0 aliphatic carbocycles. The van der Waals surface area contributed by atoms with Gasteiger partial charge in [0, 0.05) is 43.3 Å². The maximum absolute atomic E-state index is 6.17. The average Bonchev–Trinajstić information content (AvgIpc) is 3.35. The maximum Gasteiger partial charge on any atom is 0.150 e. The number of fused-ring (bicyclic) bond motifs is 4. The summed E-state index contributed by atoms with van der Waals surface area (Å²) in [4.78, 5) is 0. The third-order valence-electron chi connectivity index (χ3n) is 5.69. The van der Waals surface area contributed by atoms with Crippen molar-refractivity contribution in [3.05, 3.63) is 30.6 Å². The summed E-state index contributed by atoms with van der Waals surface area (Å²) in [7, 11) is 0. The Bertz CT molecular complexity index is 974. The molecule has 7 nitrogen and oxygen atoms in total. The zero-order valence-corrected chi connectivity index (χ0v) is 16.9. The van der Waals surface area contributed by atoms with Gasteiger partial charge in [-0.1, -0.05) is 0 Å². The van der Waals surface area contributed by atoms with Gasteiger partial charge in [0.25, 0.3) is 0 Å². The number of nitrogens with zero attached hydrogens (tertiary/aromatic N) is 4. The van der Waals surface area contributed by atoms with Crippen LogP contribution in [0.5, 0.6) is 5.75 Å². The summed E-state index contributed by atoms with van der Waals surface area (Å²) in [5.74, 6) is 0.859. The molecule has 0 N–H and O–H groups in total. The van der Waals surface area contributed by atoms with Crippen molar-refractivity contribution in [3.63, 3.8) is 0 Å². The van der Waals surface area contributed by atoms with E-state index in [-0.39, 0.29) is 12.3 Å². The Morgan fingerprint density at radius 3 is 2.93 bits per heavy atom. The molecule has 2 aromatic heterocycles. The Kier molecular flexibility index (Phi) is 5.24.